The Kier molecular flexibility index (Phi) is 5.04. The van der Waals surface area contributed by atoms with Gasteiger partial charge in [-0.1, -0.05) is 6.07 Å². The van der Waals surface area contributed by atoms with Crippen molar-refractivity contribution < 1.29 is 17.9 Å². The van der Waals surface area contributed by atoms with E-state index in [-0.39, 0.29) is 4.90 Å². The Bertz CT molecular complexity index is 1330. The highest BCUT2D eigenvalue weighted by molar-refractivity contribution is 7.90. The number of benzene rings is 2. The third kappa shape index (κ3) is 3.79. The van der Waals surface area contributed by atoms with E-state index < -0.39 is 9.84 Å². The van der Waals surface area contributed by atoms with Crippen molar-refractivity contribution in [1.82, 2.24) is 15.0 Å². The van der Waals surface area contributed by atoms with Gasteiger partial charge in [0.05, 0.1) is 24.6 Å². The molecule has 154 valence electrons. The number of anilines is 2. The molecule has 0 atom stereocenters. The third-order valence-electron chi connectivity index (χ3n) is 4.58. The van der Waals surface area contributed by atoms with Crippen molar-refractivity contribution in [1.29, 1.82) is 0 Å². The summed E-state index contributed by atoms with van der Waals surface area (Å²) in [4.78, 5) is 12.6. The molecule has 0 aliphatic carbocycles. The second kappa shape index (κ2) is 7.68. The van der Waals surface area contributed by atoms with E-state index in [9.17, 15) is 8.42 Å². The van der Waals surface area contributed by atoms with Gasteiger partial charge in [0.15, 0.2) is 27.2 Å². The molecule has 0 saturated heterocycles. The topological polar surface area (TPSA) is 106 Å². The molecule has 0 fully saturated rings. The zero-order chi connectivity index (χ0) is 21.3. The number of rotatable bonds is 6. The number of pyridine rings is 1. The molecule has 4 aromatic rings. The molecule has 2 N–H and O–H groups in total. The fourth-order valence-electron chi connectivity index (χ4n) is 3.09. The summed E-state index contributed by atoms with van der Waals surface area (Å²) in [7, 11) is -0.144. The number of nitrogens with zero attached hydrogens (tertiary/aromatic N) is 2. The normalized spacial score (nSPS) is 11.4. The first-order chi connectivity index (χ1) is 14.4. The fourth-order valence-corrected chi connectivity index (χ4v) is 3.76. The number of fused-ring (bicyclic) bond motifs is 1. The van der Waals surface area contributed by atoms with Crippen molar-refractivity contribution in [2.45, 2.75) is 4.90 Å². The van der Waals surface area contributed by atoms with Gasteiger partial charge in [-0.25, -0.2) is 18.4 Å². The van der Waals surface area contributed by atoms with Crippen LogP contribution < -0.4 is 14.8 Å². The fraction of sp³-hybridized carbons (Fsp3) is 0.143. The Morgan fingerprint density at radius 1 is 1.00 bits per heavy atom. The van der Waals surface area contributed by atoms with Crippen LogP contribution >= 0.6 is 0 Å². The summed E-state index contributed by atoms with van der Waals surface area (Å²) < 4.78 is 34.3. The first-order valence-corrected chi connectivity index (χ1v) is 10.9. The third-order valence-corrected chi connectivity index (χ3v) is 5.69. The van der Waals surface area contributed by atoms with Gasteiger partial charge in [0.1, 0.15) is 11.3 Å². The van der Waals surface area contributed by atoms with Crippen LogP contribution in [0.5, 0.6) is 11.5 Å². The largest absolute Gasteiger partial charge is 0.493 e. The second-order valence-corrected chi connectivity index (χ2v) is 8.65. The number of H-pyrrole nitrogens is 1. The SMILES string of the molecule is COc1ccc(-c2nc3c(Nc4cccc(S(C)(=O)=O)c4)nccc3[nH]2)cc1OC. The van der Waals surface area contributed by atoms with Crippen LogP contribution in [0.3, 0.4) is 0 Å². The van der Waals surface area contributed by atoms with Crippen molar-refractivity contribution in [3.05, 3.63) is 54.7 Å². The molecule has 0 saturated carbocycles. The van der Waals surface area contributed by atoms with Gasteiger partial charge >= 0.3 is 0 Å². The summed E-state index contributed by atoms with van der Waals surface area (Å²) in [5, 5.41) is 3.16. The number of nitrogens with one attached hydrogen (secondary N) is 2. The maximum Gasteiger partial charge on any atom is 0.175 e. The summed E-state index contributed by atoms with van der Waals surface area (Å²) in [5.74, 6) is 2.39. The van der Waals surface area contributed by atoms with Gasteiger partial charge in [0.2, 0.25) is 0 Å². The van der Waals surface area contributed by atoms with Crippen LogP contribution in [-0.4, -0.2) is 43.8 Å². The molecule has 0 amide bonds. The summed E-state index contributed by atoms with van der Waals surface area (Å²) in [5.41, 5.74) is 2.85. The predicted octanol–water partition coefficient (Wildman–Crippen LogP) is 3.79. The Morgan fingerprint density at radius 2 is 1.80 bits per heavy atom. The molecular formula is C21H20N4O4S. The van der Waals surface area contributed by atoms with Crippen LogP contribution in [0.25, 0.3) is 22.4 Å². The predicted molar refractivity (Wildman–Crippen MR) is 115 cm³/mol. The molecule has 0 bridgehead atoms. The minimum atomic E-state index is -3.31. The smallest absolute Gasteiger partial charge is 0.175 e. The maximum atomic E-state index is 11.8. The first kappa shape index (κ1) is 19.7. The number of aromatic amines is 1. The average molecular weight is 424 g/mol. The number of hydrogen-bond donors (Lipinski definition) is 2. The molecule has 9 heteroatoms. The van der Waals surface area contributed by atoms with Crippen molar-refractivity contribution >= 4 is 32.4 Å². The van der Waals surface area contributed by atoms with Gasteiger partial charge in [0, 0.05) is 23.7 Å². The molecule has 0 radical (unpaired) electrons. The van der Waals surface area contributed by atoms with Crippen LogP contribution in [-0.2, 0) is 9.84 Å². The van der Waals surface area contributed by atoms with Crippen LogP contribution in [0.15, 0.2) is 59.6 Å². The van der Waals surface area contributed by atoms with Crippen LogP contribution in [0.2, 0.25) is 0 Å². The lowest BCUT2D eigenvalue weighted by Gasteiger charge is -2.08. The Hall–Kier alpha value is -3.59. The highest BCUT2D eigenvalue weighted by Gasteiger charge is 2.14. The minimum absolute atomic E-state index is 0.229. The van der Waals surface area contributed by atoms with Crippen molar-refractivity contribution in [2.75, 3.05) is 25.8 Å². The molecule has 0 spiro atoms. The number of imidazole rings is 1. The molecule has 2 aromatic carbocycles. The van der Waals surface area contributed by atoms with Crippen LogP contribution in [0.1, 0.15) is 0 Å². The summed E-state index contributed by atoms with van der Waals surface area (Å²) in [6, 6.07) is 13.9. The van der Waals surface area contributed by atoms with E-state index in [0.717, 1.165) is 11.1 Å². The number of ether oxygens (including phenoxy) is 2. The zero-order valence-corrected chi connectivity index (χ0v) is 17.4. The van der Waals surface area contributed by atoms with Crippen molar-refractivity contribution in [3.8, 4) is 22.9 Å². The van der Waals surface area contributed by atoms with E-state index in [1.165, 1.54) is 6.26 Å². The molecule has 0 aliphatic rings. The second-order valence-electron chi connectivity index (χ2n) is 6.64. The standard InChI is InChI=1S/C21H20N4O4S/c1-28-17-8-7-13(11-18(17)29-2)20-24-16-9-10-22-21(19(16)25-20)23-14-5-4-6-15(12-14)30(3,26)27/h4-12H,1-3H3,(H,22,23)(H,24,25). The van der Waals surface area contributed by atoms with Gasteiger partial charge < -0.3 is 19.8 Å². The summed E-state index contributed by atoms with van der Waals surface area (Å²) in [6.07, 6.45) is 2.83. The van der Waals surface area contributed by atoms with Crippen molar-refractivity contribution in [2.24, 2.45) is 0 Å². The number of sulfone groups is 1. The molecule has 0 unspecified atom stereocenters. The van der Waals surface area contributed by atoms with Gasteiger partial charge in [-0.2, -0.15) is 0 Å². The zero-order valence-electron chi connectivity index (χ0n) is 16.6. The molecule has 2 aromatic heterocycles. The summed E-state index contributed by atoms with van der Waals surface area (Å²) in [6.45, 7) is 0. The van der Waals surface area contributed by atoms with E-state index in [2.05, 4.69) is 20.3 Å². The highest BCUT2D eigenvalue weighted by atomic mass is 32.2. The molecule has 2 heterocycles. The quantitative estimate of drug-likeness (QED) is 0.485. The van der Waals surface area contributed by atoms with Gasteiger partial charge in [-0.15, -0.1) is 0 Å². The Balaban J connectivity index is 1.73. The maximum absolute atomic E-state index is 11.8. The number of aromatic nitrogens is 3. The van der Waals surface area contributed by atoms with Gasteiger partial charge in [-0.05, 0) is 42.5 Å². The van der Waals surface area contributed by atoms with E-state index in [4.69, 9.17) is 9.47 Å². The summed E-state index contributed by atoms with van der Waals surface area (Å²) >= 11 is 0. The molecule has 30 heavy (non-hydrogen) atoms. The van der Waals surface area contributed by atoms with E-state index in [1.54, 1.807) is 44.7 Å². The average Bonchev–Trinajstić information content (AvgIpc) is 3.18. The van der Waals surface area contributed by atoms with Crippen molar-refractivity contribution in [3.63, 3.8) is 0 Å². The lowest BCUT2D eigenvalue weighted by molar-refractivity contribution is 0.355. The molecule has 8 nitrogen and oxygen atoms in total. The molecular weight excluding hydrogens is 404 g/mol. The van der Waals surface area contributed by atoms with E-state index in [1.807, 2.05) is 24.3 Å². The lowest BCUT2D eigenvalue weighted by Crippen LogP contribution is -1.99. The first-order valence-electron chi connectivity index (χ1n) is 9.03. The molecule has 0 aliphatic heterocycles. The monoisotopic (exact) mass is 424 g/mol. The number of methoxy groups -OCH3 is 2. The Morgan fingerprint density at radius 3 is 2.53 bits per heavy atom. The van der Waals surface area contributed by atoms with Gasteiger partial charge in [-0.3, -0.25) is 0 Å². The molecule has 4 rings (SSSR count). The minimum Gasteiger partial charge on any atom is -0.493 e. The van der Waals surface area contributed by atoms with Crippen LogP contribution in [0.4, 0.5) is 11.5 Å². The lowest BCUT2D eigenvalue weighted by atomic mass is 10.2. The highest BCUT2D eigenvalue weighted by Crippen LogP contribution is 2.33. The Labute approximate surface area is 173 Å². The van der Waals surface area contributed by atoms with Gasteiger partial charge in [0.25, 0.3) is 0 Å². The van der Waals surface area contributed by atoms with E-state index in [0.29, 0.717) is 34.3 Å². The van der Waals surface area contributed by atoms with Crippen LogP contribution in [0, 0.1) is 0 Å². The van der Waals surface area contributed by atoms with E-state index >= 15 is 0 Å². The number of hydrogen-bond acceptors (Lipinski definition) is 7.